The number of phenols is 1. The molecule has 4 rings (SSSR count). The van der Waals surface area contributed by atoms with Crippen molar-refractivity contribution >= 4 is 44.3 Å². The fourth-order valence-electron chi connectivity index (χ4n) is 3.24. The van der Waals surface area contributed by atoms with Crippen LogP contribution >= 0.6 is 23.1 Å². The van der Waals surface area contributed by atoms with Crippen molar-refractivity contribution in [2.24, 2.45) is 4.99 Å². The number of carboxylic acids is 1. The van der Waals surface area contributed by atoms with Crippen LogP contribution in [0.1, 0.15) is 30.7 Å². The summed E-state index contributed by atoms with van der Waals surface area (Å²) in [7, 11) is 0. The molecule has 1 aromatic heterocycles. The molecule has 1 unspecified atom stereocenters. The van der Waals surface area contributed by atoms with Crippen LogP contribution in [0.5, 0.6) is 5.75 Å². The molecule has 1 aliphatic carbocycles. The fourth-order valence-corrected chi connectivity index (χ4v) is 5.82. The highest BCUT2D eigenvalue weighted by molar-refractivity contribution is 8.16. The zero-order chi connectivity index (χ0) is 15.3. The van der Waals surface area contributed by atoms with Gasteiger partial charge in [0.2, 0.25) is 0 Å². The summed E-state index contributed by atoms with van der Waals surface area (Å²) in [5.41, 5.74) is 0.806. The molecule has 2 N–H and O–H groups in total. The van der Waals surface area contributed by atoms with Crippen LogP contribution in [0.3, 0.4) is 0 Å². The van der Waals surface area contributed by atoms with Gasteiger partial charge in [-0.2, -0.15) is 0 Å². The maximum absolute atomic E-state index is 11.6. The molecule has 1 aliphatic heterocycles. The second-order valence-corrected chi connectivity index (χ2v) is 8.15. The number of fused-ring (bicyclic) bond motifs is 1. The molecule has 0 radical (unpaired) electrons. The van der Waals surface area contributed by atoms with Crippen molar-refractivity contribution in [1.29, 1.82) is 0 Å². The van der Waals surface area contributed by atoms with Crippen LogP contribution in [-0.4, -0.2) is 37.0 Å². The van der Waals surface area contributed by atoms with Gasteiger partial charge >= 0.3 is 5.97 Å². The highest BCUT2D eigenvalue weighted by Crippen LogP contribution is 2.51. The SMILES string of the molecule is O=C(O)C1N=C(c2nc3ccc(O)cc3s2)SC12CCCC2. The Kier molecular flexibility index (Phi) is 3.16. The first-order valence-corrected chi connectivity index (χ1v) is 8.80. The first-order chi connectivity index (χ1) is 10.6. The minimum Gasteiger partial charge on any atom is -0.508 e. The van der Waals surface area contributed by atoms with Gasteiger partial charge in [-0.3, -0.25) is 4.99 Å². The van der Waals surface area contributed by atoms with Crippen LogP contribution in [0.15, 0.2) is 23.2 Å². The molecule has 5 nitrogen and oxygen atoms in total. The van der Waals surface area contributed by atoms with Crippen molar-refractivity contribution in [2.75, 3.05) is 0 Å². The average Bonchev–Trinajstić information content (AvgIpc) is 3.18. The number of thiazole rings is 1. The number of aliphatic imine (C=N–C) groups is 1. The Balaban J connectivity index is 1.75. The van der Waals surface area contributed by atoms with Crippen molar-refractivity contribution in [3.8, 4) is 5.75 Å². The second kappa shape index (κ2) is 4.96. The Morgan fingerprint density at radius 1 is 1.32 bits per heavy atom. The molecule has 1 fully saturated rings. The number of rotatable bonds is 2. The Hall–Kier alpha value is -1.60. The number of phenolic OH excluding ortho intramolecular Hbond substituents is 1. The van der Waals surface area contributed by atoms with Crippen LogP contribution in [0, 0.1) is 0 Å². The van der Waals surface area contributed by atoms with Crippen LogP contribution in [0.4, 0.5) is 0 Å². The van der Waals surface area contributed by atoms with E-state index in [0.717, 1.165) is 46.0 Å². The van der Waals surface area contributed by atoms with Crippen molar-refractivity contribution in [2.45, 2.75) is 36.5 Å². The number of benzene rings is 1. The van der Waals surface area contributed by atoms with Crippen molar-refractivity contribution < 1.29 is 15.0 Å². The lowest BCUT2D eigenvalue weighted by Crippen LogP contribution is -2.37. The zero-order valence-corrected chi connectivity index (χ0v) is 13.3. The lowest BCUT2D eigenvalue weighted by molar-refractivity contribution is -0.139. The fraction of sp³-hybridized carbons (Fsp3) is 0.400. The number of thioether (sulfide) groups is 1. The number of aromatic hydroxyl groups is 1. The summed E-state index contributed by atoms with van der Waals surface area (Å²) in [5.74, 6) is -0.637. The Bertz CT molecular complexity index is 793. The summed E-state index contributed by atoms with van der Waals surface area (Å²) in [6.45, 7) is 0. The van der Waals surface area contributed by atoms with Crippen molar-refractivity contribution in [3.05, 3.63) is 23.2 Å². The van der Waals surface area contributed by atoms with Gasteiger partial charge < -0.3 is 10.2 Å². The molecule has 1 saturated carbocycles. The van der Waals surface area contributed by atoms with Gasteiger partial charge in [-0.1, -0.05) is 24.6 Å². The van der Waals surface area contributed by atoms with E-state index in [1.165, 1.54) is 11.3 Å². The number of carbonyl (C=O) groups is 1. The zero-order valence-electron chi connectivity index (χ0n) is 11.7. The number of aliphatic carboxylic acids is 1. The molecule has 1 atom stereocenters. The van der Waals surface area contributed by atoms with Crippen LogP contribution in [-0.2, 0) is 4.79 Å². The van der Waals surface area contributed by atoms with Gasteiger partial charge in [0.15, 0.2) is 6.04 Å². The van der Waals surface area contributed by atoms with Gasteiger partial charge in [0.25, 0.3) is 0 Å². The van der Waals surface area contributed by atoms with Crippen LogP contribution < -0.4 is 0 Å². The maximum Gasteiger partial charge on any atom is 0.329 e. The van der Waals surface area contributed by atoms with E-state index in [2.05, 4.69) is 9.98 Å². The normalized spacial score (nSPS) is 23.3. The topological polar surface area (TPSA) is 82.8 Å². The first kappa shape index (κ1) is 14.0. The molecule has 114 valence electrons. The van der Waals surface area contributed by atoms with E-state index in [4.69, 9.17) is 0 Å². The van der Waals surface area contributed by atoms with Gasteiger partial charge in [0.05, 0.1) is 15.0 Å². The lowest BCUT2D eigenvalue weighted by atomic mass is 9.98. The highest BCUT2D eigenvalue weighted by Gasteiger charge is 2.51. The summed E-state index contributed by atoms with van der Waals surface area (Å²) in [5, 5.41) is 20.5. The van der Waals surface area contributed by atoms with E-state index in [1.54, 1.807) is 30.0 Å². The van der Waals surface area contributed by atoms with E-state index >= 15 is 0 Å². The van der Waals surface area contributed by atoms with Gasteiger partial charge in [0.1, 0.15) is 15.8 Å². The molecule has 0 saturated heterocycles. The maximum atomic E-state index is 11.6. The van der Waals surface area contributed by atoms with E-state index in [9.17, 15) is 15.0 Å². The van der Waals surface area contributed by atoms with E-state index in [0.29, 0.717) is 0 Å². The summed E-state index contributed by atoms with van der Waals surface area (Å²) in [6, 6.07) is 4.38. The minimum atomic E-state index is -0.844. The molecule has 1 aromatic carbocycles. The third-order valence-electron chi connectivity index (χ3n) is 4.28. The molecule has 1 spiro atoms. The van der Waals surface area contributed by atoms with Crippen molar-refractivity contribution in [3.63, 3.8) is 0 Å². The molecule has 22 heavy (non-hydrogen) atoms. The number of hydrogen-bond acceptors (Lipinski definition) is 6. The summed E-state index contributed by atoms with van der Waals surface area (Å²) in [6.07, 6.45) is 3.92. The van der Waals surface area contributed by atoms with Gasteiger partial charge in [-0.25, -0.2) is 9.78 Å². The highest BCUT2D eigenvalue weighted by atomic mass is 32.2. The summed E-state index contributed by atoms with van der Waals surface area (Å²) >= 11 is 3.03. The van der Waals surface area contributed by atoms with E-state index < -0.39 is 12.0 Å². The van der Waals surface area contributed by atoms with Crippen molar-refractivity contribution in [1.82, 2.24) is 4.98 Å². The Morgan fingerprint density at radius 3 is 2.82 bits per heavy atom. The third kappa shape index (κ3) is 2.11. The number of aromatic nitrogens is 1. The molecule has 2 aliphatic rings. The van der Waals surface area contributed by atoms with E-state index in [-0.39, 0.29) is 10.5 Å². The number of nitrogens with zero attached hydrogens (tertiary/aromatic N) is 2. The summed E-state index contributed by atoms with van der Waals surface area (Å²) in [4.78, 5) is 20.6. The molecular weight excluding hydrogens is 320 g/mol. The average molecular weight is 334 g/mol. The monoisotopic (exact) mass is 334 g/mol. The van der Waals surface area contributed by atoms with Crippen LogP contribution in [0.2, 0.25) is 0 Å². The predicted molar refractivity (Wildman–Crippen MR) is 88.0 cm³/mol. The molecule has 7 heteroatoms. The molecule has 2 heterocycles. The predicted octanol–water partition coefficient (Wildman–Crippen LogP) is 3.26. The van der Waals surface area contributed by atoms with Gasteiger partial charge in [0, 0.05) is 0 Å². The largest absolute Gasteiger partial charge is 0.508 e. The molecule has 0 amide bonds. The Labute approximate surface area is 135 Å². The van der Waals surface area contributed by atoms with E-state index in [1.807, 2.05) is 0 Å². The quantitative estimate of drug-likeness (QED) is 0.881. The third-order valence-corrected chi connectivity index (χ3v) is 6.97. The van der Waals surface area contributed by atoms with Gasteiger partial charge in [-0.05, 0) is 31.0 Å². The molecule has 2 aromatic rings. The second-order valence-electron chi connectivity index (χ2n) is 5.72. The lowest BCUT2D eigenvalue weighted by Gasteiger charge is -2.25. The standard InChI is InChI=1S/C15H14N2O3S2/c18-8-3-4-9-10(7-8)21-12(16-9)13-17-11(14(19)20)15(22-13)5-1-2-6-15/h3-4,7,11,18H,1-2,5-6H2,(H,19,20). The molecular formula is C15H14N2O3S2. The first-order valence-electron chi connectivity index (χ1n) is 7.17. The summed E-state index contributed by atoms with van der Waals surface area (Å²) < 4.78 is 0.596. The molecule has 0 bridgehead atoms. The number of hydrogen-bond donors (Lipinski definition) is 2. The van der Waals surface area contributed by atoms with Crippen LogP contribution in [0.25, 0.3) is 10.2 Å². The minimum absolute atomic E-state index is 0.208. The Morgan fingerprint density at radius 2 is 2.09 bits per heavy atom. The number of carboxylic acid groups (broad SMARTS) is 1. The van der Waals surface area contributed by atoms with Gasteiger partial charge in [-0.15, -0.1) is 11.3 Å². The smallest absolute Gasteiger partial charge is 0.329 e.